The lowest BCUT2D eigenvalue weighted by atomic mass is 9.61. The van der Waals surface area contributed by atoms with Crippen molar-refractivity contribution in [3.05, 3.63) is 28.7 Å². The monoisotopic (exact) mass is 418 g/mol. The molecule has 0 saturated carbocycles. The molecule has 7 nitrogen and oxygen atoms in total. The number of esters is 2. The third kappa shape index (κ3) is 4.51. The van der Waals surface area contributed by atoms with Gasteiger partial charge in [0.1, 0.15) is 18.2 Å². The molecule has 0 aromatic rings. The third-order valence-corrected chi connectivity index (χ3v) is 7.11. The molecule has 1 fully saturated rings. The summed E-state index contributed by atoms with van der Waals surface area (Å²) < 4.78 is 11.4. The lowest BCUT2D eigenvalue weighted by Gasteiger charge is -2.50. The van der Waals surface area contributed by atoms with Crippen LogP contribution in [0.15, 0.2) is 29.0 Å². The molecular formula is C23H34N2O5. The van der Waals surface area contributed by atoms with Crippen molar-refractivity contribution >= 4 is 11.9 Å². The topological polar surface area (TPSA) is 108 Å². The van der Waals surface area contributed by atoms with Crippen molar-refractivity contribution in [3.63, 3.8) is 0 Å². The van der Waals surface area contributed by atoms with Crippen LogP contribution in [-0.2, 0) is 19.1 Å². The molecule has 0 radical (unpaired) electrons. The van der Waals surface area contributed by atoms with Crippen molar-refractivity contribution in [2.75, 3.05) is 0 Å². The van der Waals surface area contributed by atoms with Crippen LogP contribution in [0.2, 0.25) is 0 Å². The molecule has 0 aromatic carbocycles. The predicted molar refractivity (Wildman–Crippen MR) is 113 cm³/mol. The quantitative estimate of drug-likeness (QED) is 0.497. The fraction of sp³-hybridized carbons (Fsp3) is 0.739. The summed E-state index contributed by atoms with van der Waals surface area (Å²) in [5.41, 5.74) is 7.31. The average Bonchev–Trinajstić information content (AvgIpc) is 2.72. The Morgan fingerprint density at radius 2 is 2.20 bits per heavy atom. The van der Waals surface area contributed by atoms with Gasteiger partial charge in [0.2, 0.25) is 0 Å². The van der Waals surface area contributed by atoms with Crippen LogP contribution in [-0.4, -0.2) is 35.7 Å². The number of cyclic esters (lactones) is 1. The minimum Gasteiger partial charge on any atom is -0.462 e. The molecule has 1 saturated heterocycles. The van der Waals surface area contributed by atoms with Gasteiger partial charge in [-0.1, -0.05) is 44.2 Å². The minimum atomic E-state index is -0.767. The molecule has 0 aromatic heterocycles. The van der Waals surface area contributed by atoms with E-state index in [4.69, 9.17) is 15.2 Å². The molecule has 3 rings (SSSR count). The fourth-order valence-corrected chi connectivity index (χ4v) is 5.05. The number of allylic oxidation sites excluding steroid dienone is 2. The molecular weight excluding hydrogens is 384 g/mol. The van der Waals surface area contributed by atoms with Crippen LogP contribution >= 0.6 is 0 Å². The van der Waals surface area contributed by atoms with Gasteiger partial charge in [0, 0.05) is 6.42 Å². The van der Waals surface area contributed by atoms with Crippen LogP contribution in [0.25, 0.3) is 0 Å². The number of carbonyl (C=O) groups excluding carboxylic acids is 2. The number of nitrogens with two attached hydrogens (primary N) is 1. The molecule has 7 atom stereocenters. The lowest BCUT2D eigenvalue weighted by Crippen LogP contribution is -2.62. The maximum Gasteiger partial charge on any atom is 0.308 e. The number of ether oxygens (including phenoxy) is 2. The summed E-state index contributed by atoms with van der Waals surface area (Å²) in [5.74, 6) is -0.502. The number of hydrogen-bond donors (Lipinski definition) is 1. The van der Waals surface area contributed by atoms with Gasteiger partial charge < -0.3 is 15.2 Å². The molecule has 2 aliphatic carbocycles. The van der Waals surface area contributed by atoms with E-state index in [2.05, 4.69) is 30.3 Å². The van der Waals surface area contributed by atoms with Crippen molar-refractivity contribution in [2.45, 2.75) is 89.5 Å². The molecule has 30 heavy (non-hydrogen) atoms. The van der Waals surface area contributed by atoms with Gasteiger partial charge >= 0.3 is 11.9 Å². The van der Waals surface area contributed by atoms with E-state index in [0.29, 0.717) is 25.7 Å². The summed E-state index contributed by atoms with van der Waals surface area (Å²) in [7, 11) is 0. The number of nitrogens with zero attached hydrogens (tertiary/aromatic N) is 1. The van der Waals surface area contributed by atoms with Crippen molar-refractivity contribution in [2.24, 2.45) is 28.7 Å². The van der Waals surface area contributed by atoms with Gasteiger partial charge in [-0.05, 0) is 49.5 Å². The van der Waals surface area contributed by atoms with Gasteiger partial charge in [0.15, 0.2) is 0 Å². The van der Waals surface area contributed by atoms with Gasteiger partial charge in [-0.15, -0.1) is 0 Å². The summed E-state index contributed by atoms with van der Waals surface area (Å²) in [6, 6.07) is -0.513. The van der Waals surface area contributed by atoms with E-state index < -0.39 is 11.6 Å². The molecule has 0 bridgehead atoms. The summed E-state index contributed by atoms with van der Waals surface area (Å²) >= 11 is 0. The molecule has 2 N–H and O–H groups in total. The van der Waals surface area contributed by atoms with Gasteiger partial charge in [-0.25, -0.2) is 0 Å². The van der Waals surface area contributed by atoms with Gasteiger partial charge in [0.25, 0.3) is 0 Å². The molecule has 1 heterocycles. The third-order valence-electron chi connectivity index (χ3n) is 7.11. The highest BCUT2D eigenvalue weighted by molar-refractivity contribution is 5.72. The molecule has 0 spiro atoms. The average molecular weight is 419 g/mol. The first-order valence-corrected chi connectivity index (χ1v) is 11.2. The first-order valence-electron chi connectivity index (χ1n) is 11.2. The first-order chi connectivity index (χ1) is 14.3. The van der Waals surface area contributed by atoms with Crippen LogP contribution in [0.3, 0.4) is 0 Å². The van der Waals surface area contributed by atoms with Gasteiger partial charge in [-0.3, -0.25) is 9.59 Å². The zero-order chi connectivity index (χ0) is 21.9. The van der Waals surface area contributed by atoms with E-state index >= 15 is 0 Å². The molecule has 1 aliphatic heterocycles. The zero-order valence-corrected chi connectivity index (χ0v) is 18.2. The van der Waals surface area contributed by atoms with Gasteiger partial charge in [0.05, 0.1) is 17.9 Å². The van der Waals surface area contributed by atoms with E-state index in [-0.39, 0.29) is 48.3 Å². The van der Waals surface area contributed by atoms with E-state index in [9.17, 15) is 14.5 Å². The number of nitroso groups, excluding NO2 is 1. The Bertz CT molecular complexity index is 733. The highest BCUT2D eigenvalue weighted by Crippen LogP contribution is 2.45. The number of carbonyl (C=O) groups is 2. The maximum absolute atomic E-state index is 12.5. The summed E-state index contributed by atoms with van der Waals surface area (Å²) in [4.78, 5) is 35.3. The van der Waals surface area contributed by atoms with E-state index in [1.54, 1.807) is 0 Å². The van der Waals surface area contributed by atoms with Crippen molar-refractivity contribution in [1.82, 2.24) is 0 Å². The normalized spacial score (nSPS) is 36.9. The fourth-order valence-electron chi connectivity index (χ4n) is 5.05. The van der Waals surface area contributed by atoms with Crippen molar-refractivity contribution < 1.29 is 19.1 Å². The Hall–Kier alpha value is -2.02. The van der Waals surface area contributed by atoms with E-state index in [1.165, 1.54) is 0 Å². The Kier molecular flexibility index (Phi) is 7.11. The Balaban J connectivity index is 1.78. The molecule has 3 aliphatic rings. The summed E-state index contributed by atoms with van der Waals surface area (Å²) in [6.45, 7) is 5.97. The smallest absolute Gasteiger partial charge is 0.308 e. The van der Waals surface area contributed by atoms with Crippen LogP contribution < -0.4 is 5.73 Å². The Morgan fingerprint density at radius 3 is 2.90 bits per heavy atom. The van der Waals surface area contributed by atoms with Crippen LogP contribution in [0, 0.1) is 22.7 Å². The standard InChI is InChI=1S/C23H34N2O5/c1-4-14(2)22(27)30-20-7-5-6-16-9-8-15(3)19(23(16,20)24)11-10-18-12-17(25-28)13-21(26)29-18/h6,8-9,14-15,17-20H,4-5,7,10-13,24H2,1-3H3/t14-,15-,17+,18+,19-,20-,23+/m0/s1. The number of hydrogen-bond acceptors (Lipinski definition) is 7. The summed E-state index contributed by atoms with van der Waals surface area (Å²) in [5, 5.41) is 3.05. The molecule has 0 amide bonds. The van der Waals surface area contributed by atoms with E-state index in [1.807, 2.05) is 13.8 Å². The number of rotatable bonds is 7. The van der Waals surface area contributed by atoms with Gasteiger partial charge in [-0.2, -0.15) is 4.91 Å². The predicted octanol–water partition coefficient (Wildman–Crippen LogP) is 3.80. The highest BCUT2D eigenvalue weighted by Gasteiger charge is 2.51. The van der Waals surface area contributed by atoms with Crippen molar-refractivity contribution in [1.29, 1.82) is 0 Å². The first kappa shape index (κ1) is 22.7. The maximum atomic E-state index is 12.5. The molecule has 166 valence electrons. The zero-order valence-electron chi connectivity index (χ0n) is 18.2. The second-order valence-corrected chi connectivity index (χ2v) is 9.12. The van der Waals surface area contributed by atoms with Crippen molar-refractivity contribution in [3.8, 4) is 0 Å². The minimum absolute atomic E-state index is 0.0343. The van der Waals surface area contributed by atoms with Crippen LogP contribution in [0.4, 0.5) is 0 Å². The highest BCUT2D eigenvalue weighted by atomic mass is 16.5. The molecule has 0 unspecified atom stereocenters. The second kappa shape index (κ2) is 9.41. The lowest BCUT2D eigenvalue weighted by molar-refractivity contribution is -0.160. The number of fused-ring (bicyclic) bond motifs is 1. The largest absolute Gasteiger partial charge is 0.462 e. The summed E-state index contributed by atoms with van der Waals surface area (Å²) in [6.07, 6.45) is 9.76. The Labute approximate surface area is 178 Å². The van der Waals surface area contributed by atoms with E-state index in [0.717, 1.165) is 18.4 Å². The Morgan fingerprint density at radius 1 is 1.43 bits per heavy atom. The van der Waals surface area contributed by atoms with Crippen LogP contribution in [0.1, 0.15) is 65.7 Å². The SMILES string of the molecule is CC[C@H](C)C(=O)O[C@H]1CCC=C2C=C[C@H](C)[C@H](CC[C@@H]3C[C@@H](N=O)CC(=O)O3)[C@]21N. The molecule has 7 heteroatoms. The second-order valence-electron chi connectivity index (χ2n) is 9.12. The van der Waals surface area contributed by atoms with Crippen LogP contribution in [0.5, 0.6) is 0 Å².